The zero-order chi connectivity index (χ0) is 19.6. The minimum Gasteiger partial charge on any atom is -0.481 e. The lowest BCUT2D eigenvalue weighted by molar-refractivity contribution is 0.0785. The average Bonchev–Trinajstić information content (AvgIpc) is 2.93. The summed E-state index contributed by atoms with van der Waals surface area (Å²) in [4.78, 5) is 19.1. The lowest BCUT2D eigenvalue weighted by atomic mass is 10.1. The molecule has 2 heterocycles. The summed E-state index contributed by atoms with van der Waals surface area (Å²) in [7, 11) is 5.31. The van der Waals surface area contributed by atoms with Crippen LogP contribution >= 0.6 is 0 Å². The number of hydrogen-bond donors (Lipinski definition) is 0. The van der Waals surface area contributed by atoms with Crippen LogP contribution in [0.3, 0.4) is 0 Å². The molecule has 0 fully saturated rings. The fourth-order valence-corrected chi connectivity index (χ4v) is 3.08. The van der Waals surface area contributed by atoms with E-state index in [4.69, 9.17) is 4.74 Å². The summed E-state index contributed by atoms with van der Waals surface area (Å²) in [6, 6.07) is 13.1. The Hall–Kier alpha value is -3.15. The number of amides is 1. The molecule has 0 spiro atoms. The highest BCUT2D eigenvalue weighted by molar-refractivity contribution is 5.95. The monoisotopic (exact) mass is 364 g/mol. The minimum atomic E-state index is -0.0394. The van der Waals surface area contributed by atoms with Gasteiger partial charge in [0, 0.05) is 49.1 Å². The van der Waals surface area contributed by atoms with Gasteiger partial charge in [0.25, 0.3) is 5.91 Å². The smallest absolute Gasteiger partial charge is 0.253 e. The molecule has 1 aromatic carbocycles. The number of hydrogen-bond acceptors (Lipinski definition) is 4. The Bertz CT molecular complexity index is 978. The van der Waals surface area contributed by atoms with Crippen LogP contribution in [0.5, 0.6) is 5.88 Å². The Morgan fingerprint density at radius 2 is 1.93 bits per heavy atom. The topological polar surface area (TPSA) is 60.2 Å². The van der Waals surface area contributed by atoms with Gasteiger partial charge < -0.3 is 9.64 Å². The lowest BCUT2D eigenvalue weighted by Crippen LogP contribution is -2.26. The first-order chi connectivity index (χ1) is 12.9. The summed E-state index contributed by atoms with van der Waals surface area (Å²) in [6.07, 6.45) is 0. The van der Waals surface area contributed by atoms with Crippen LogP contribution in [0.2, 0.25) is 0 Å². The number of nitrogens with zero attached hydrogens (tertiary/aromatic N) is 4. The van der Waals surface area contributed by atoms with Crippen LogP contribution in [0.1, 0.15) is 27.3 Å². The van der Waals surface area contributed by atoms with Crippen molar-refractivity contribution in [2.45, 2.75) is 20.4 Å². The number of rotatable bonds is 5. The molecule has 0 N–H and O–H groups in total. The van der Waals surface area contributed by atoms with E-state index in [-0.39, 0.29) is 5.91 Å². The second kappa shape index (κ2) is 7.61. The van der Waals surface area contributed by atoms with E-state index < -0.39 is 0 Å². The molecule has 27 heavy (non-hydrogen) atoms. The number of aromatic nitrogens is 3. The fourth-order valence-electron chi connectivity index (χ4n) is 3.08. The average molecular weight is 364 g/mol. The van der Waals surface area contributed by atoms with Gasteiger partial charge in [0.05, 0.1) is 18.5 Å². The second-order valence-electron chi connectivity index (χ2n) is 6.58. The van der Waals surface area contributed by atoms with Gasteiger partial charge >= 0.3 is 0 Å². The van der Waals surface area contributed by atoms with Crippen LogP contribution in [0, 0.1) is 13.8 Å². The summed E-state index contributed by atoms with van der Waals surface area (Å²) in [6.45, 7) is 4.50. The van der Waals surface area contributed by atoms with E-state index in [1.54, 1.807) is 18.1 Å². The van der Waals surface area contributed by atoms with Gasteiger partial charge in [-0.1, -0.05) is 18.2 Å². The molecular formula is C21H24N4O2. The van der Waals surface area contributed by atoms with Crippen molar-refractivity contribution in [1.82, 2.24) is 19.7 Å². The van der Waals surface area contributed by atoms with Crippen molar-refractivity contribution in [3.05, 3.63) is 65.0 Å². The molecule has 0 saturated heterocycles. The Labute approximate surface area is 159 Å². The third kappa shape index (κ3) is 3.84. The number of methoxy groups -OCH3 is 1. The predicted octanol–water partition coefficient (Wildman–Crippen LogP) is 3.38. The Morgan fingerprint density at radius 1 is 1.19 bits per heavy atom. The van der Waals surface area contributed by atoms with Crippen molar-refractivity contribution in [3.8, 4) is 17.1 Å². The van der Waals surface area contributed by atoms with Gasteiger partial charge in [0.15, 0.2) is 0 Å². The second-order valence-corrected chi connectivity index (χ2v) is 6.58. The molecule has 0 saturated carbocycles. The van der Waals surface area contributed by atoms with Crippen molar-refractivity contribution in [3.63, 3.8) is 0 Å². The maximum absolute atomic E-state index is 12.9. The zero-order valence-corrected chi connectivity index (χ0v) is 16.4. The highest BCUT2D eigenvalue weighted by atomic mass is 16.5. The van der Waals surface area contributed by atoms with E-state index in [1.807, 2.05) is 69.0 Å². The molecule has 140 valence electrons. The van der Waals surface area contributed by atoms with Crippen LogP contribution in [0.15, 0.2) is 42.5 Å². The van der Waals surface area contributed by atoms with E-state index in [0.29, 0.717) is 18.0 Å². The van der Waals surface area contributed by atoms with E-state index in [0.717, 1.165) is 28.2 Å². The highest BCUT2D eigenvalue weighted by Crippen LogP contribution is 2.22. The minimum absolute atomic E-state index is 0.0394. The molecule has 3 rings (SSSR count). The molecule has 0 aliphatic carbocycles. The summed E-state index contributed by atoms with van der Waals surface area (Å²) in [5.41, 5.74) is 5.37. The Morgan fingerprint density at radius 3 is 2.59 bits per heavy atom. The number of carbonyl (C=O) groups excluding carboxylic acids is 1. The fraction of sp³-hybridized carbons (Fsp3) is 0.286. The number of benzene rings is 1. The quantitative estimate of drug-likeness (QED) is 0.696. The van der Waals surface area contributed by atoms with Crippen LogP contribution in [-0.2, 0) is 13.6 Å². The summed E-state index contributed by atoms with van der Waals surface area (Å²) in [5.74, 6) is 0.506. The Balaban J connectivity index is 1.84. The first kappa shape index (κ1) is 18.6. The SMILES string of the molecule is COc1cccc(-c2cccc(C(=O)N(C)Cc3c(C)nn(C)c3C)c2)n1. The molecule has 0 aliphatic heterocycles. The lowest BCUT2D eigenvalue weighted by Gasteiger charge is -2.18. The van der Waals surface area contributed by atoms with E-state index >= 15 is 0 Å². The molecule has 6 heteroatoms. The molecule has 6 nitrogen and oxygen atoms in total. The van der Waals surface area contributed by atoms with Gasteiger partial charge in [-0.05, 0) is 32.0 Å². The molecule has 0 aliphatic rings. The molecule has 0 unspecified atom stereocenters. The summed E-state index contributed by atoms with van der Waals surface area (Å²) in [5, 5.41) is 4.42. The van der Waals surface area contributed by atoms with E-state index in [9.17, 15) is 4.79 Å². The van der Waals surface area contributed by atoms with Crippen molar-refractivity contribution < 1.29 is 9.53 Å². The van der Waals surface area contributed by atoms with E-state index in [1.165, 1.54) is 0 Å². The third-order valence-corrected chi connectivity index (χ3v) is 4.74. The molecule has 3 aromatic rings. The van der Waals surface area contributed by atoms with Crippen LogP contribution in [0.4, 0.5) is 0 Å². The van der Waals surface area contributed by atoms with Crippen LogP contribution in [0.25, 0.3) is 11.3 Å². The maximum atomic E-state index is 12.9. The zero-order valence-electron chi connectivity index (χ0n) is 16.4. The van der Waals surface area contributed by atoms with Gasteiger partial charge in [-0.25, -0.2) is 4.98 Å². The molecule has 2 aromatic heterocycles. The van der Waals surface area contributed by atoms with Crippen molar-refractivity contribution in [2.24, 2.45) is 7.05 Å². The van der Waals surface area contributed by atoms with Gasteiger partial charge in [-0.3, -0.25) is 9.48 Å². The molecule has 0 atom stereocenters. The Kier molecular flexibility index (Phi) is 5.26. The largest absolute Gasteiger partial charge is 0.481 e. The first-order valence-corrected chi connectivity index (χ1v) is 8.76. The molecular weight excluding hydrogens is 340 g/mol. The van der Waals surface area contributed by atoms with Gasteiger partial charge in [-0.15, -0.1) is 0 Å². The molecule has 0 radical (unpaired) electrons. The summed E-state index contributed by atoms with van der Waals surface area (Å²) >= 11 is 0. The predicted molar refractivity (Wildman–Crippen MR) is 105 cm³/mol. The standard InChI is InChI=1S/C21H24N4O2/c1-14-18(15(2)25(4)23-14)13-24(3)21(26)17-9-6-8-16(12-17)19-10-7-11-20(22-19)27-5/h6-12H,13H2,1-5H3. The number of aryl methyl sites for hydroxylation is 2. The van der Waals surface area contributed by atoms with Crippen LogP contribution < -0.4 is 4.74 Å². The number of pyridine rings is 1. The highest BCUT2D eigenvalue weighted by Gasteiger charge is 2.17. The van der Waals surface area contributed by atoms with Gasteiger partial charge in [0.2, 0.25) is 5.88 Å². The van der Waals surface area contributed by atoms with E-state index in [2.05, 4.69) is 10.1 Å². The summed E-state index contributed by atoms with van der Waals surface area (Å²) < 4.78 is 7.03. The number of ether oxygens (including phenoxy) is 1. The van der Waals surface area contributed by atoms with Crippen molar-refractivity contribution in [2.75, 3.05) is 14.2 Å². The van der Waals surface area contributed by atoms with Crippen LogP contribution in [-0.4, -0.2) is 39.7 Å². The molecule has 0 bridgehead atoms. The molecule has 1 amide bonds. The van der Waals surface area contributed by atoms with Crippen molar-refractivity contribution in [1.29, 1.82) is 0 Å². The van der Waals surface area contributed by atoms with Gasteiger partial charge in [-0.2, -0.15) is 5.10 Å². The van der Waals surface area contributed by atoms with Gasteiger partial charge in [0.1, 0.15) is 0 Å². The number of carbonyl (C=O) groups is 1. The first-order valence-electron chi connectivity index (χ1n) is 8.76. The normalized spacial score (nSPS) is 10.7. The van der Waals surface area contributed by atoms with Crippen molar-refractivity contribution >= 4 is 5.91 Å². The maximum Gasteiger partial charge on any atom is 0.253 e. The third-order valence-electron chi connectivity index (χ3n) is 4.74.